The molecule has 2 rings (SSSR count). The number of halogens is 3. The largest absolute Gasteiger partial charge is 0.288 e. The first-order valence-electron chi connectivity index (χ1n) is 4.84. The minimum atomic E-state index is -0.272. The molecule has 0 fully saturated rings. The minimum Gasteiger partial charge on any atom is -0.288 e. The number of benzene rings is 2. The Morgan fingerprint density at radius 3 is 1.88 bits per heavy atom. The summed E-state index contributed by atoms with van der Waals surface area (Å²) in [6.45, 7) is 0. The maximum absolute atomic E-state index is 12.3. The van der Waals surface area contributed by atoms with E-state index in [0.717, 1.165) is 0 Å². The van der Waals surface area contributed by atoms with Crippen LogP contribution in [-0.4, -0.2) is 5.78 Å². The van der Waals surface area contributed by atoms with Crippen LogP contribution in [0.4, 0.5) is 0 Å². The fourth-order valence-electron chi connectivity index (χ4n) is 1.49. The van der Waals surface area contributed by atoms with E-state index in [9.17, 15) is 4.79 Å². The number of hydrogen-bond donors (Lipinski definition) is 0. The van der Waals surface area contributed by atoms with Gasteiger partial charge in [0.15, 0.2) is 5.78 Å². The summed E-state index contributed by atoms with van der Waals surface area (Å²) in [7, 11) is 0. The van der Waals surface area contributed by atoms with Gasteiger partial charge in [0.25, 0.3) is 0 Å². The average Bonchev–Trinajstić information content (AvgIpc) is 2.29. The van der Waals surface area contributed by atoms with Crippen LogP contribution in [0.25, 0.3) is 0 Å². The molecule has 0 radical (unpaired) electrons. The van der Waals surface area contributed by atoms with Crippen molar-refractivity contribution >= 4 is 40.6 Å². The fraction of sp³-hybridized carbons (Fsp3) is 0. The molecule has 0 aliphatic carbocycles. The number of ketones is 1. The van der Waals surface area contributed by atoms with E-state index in [1.54, 1.807) is 42.5 Å². The summed E-state index contributed by atoms with van der Waals surface area (Å²) in [5.41, 5.74) is 0.674. The molecule has 0 amide bonds. The quantitative estimate of drug-likeness (QED) is 0.719. The highest BCUT2D eigenvalue weighted by molar-refractivity contribution is 6.42. The molecule has 0 aliphatic rings. The Kier molecular flexibility index (Phi) is 3.72. The molecule has 0 saturated carbocycles. The van der Waals surface area contributed by atoms with Gasteiger partial charge in [-0.15, -0.1) is 0 Å². The summed E-state index contributed by atoms with van der Waals surface area (Å²) in [5.74, 6) is -0.272. The Bertz CT molecular complexity index is 558. The van der Waals surface area contributed by atoms with Crippen LogP contribution in [0.3, 0.4) is 0 Å². The Hall–Kier alpha value is -1.02. The molecule has 0 spiro atoms. The highest BCUT2D eigenvalue weighted by Crippen LogP contribution is 2.28. The highest BCUT2D eigenvalue weighted by Gasteiger charge is 2.18. The molecule has 2 aromatic rings. The van der Waals surface area contributed by atoms with Crippen LogP contribution >= 0.6 is 34.8 Å². The highest BCUT2D eigenvalue weighted by atomic mass is 35.5. The van der Waals surface area contributed by atoms with E-state index in [0.29, 0.717) is 20.6 Å². The Labute approximate surface area is 114 Å². The molecule has 0 bridgehead atoms. The van der Waals surface area contributed by atoms with Crippen molar-refractivity contribution in [1.82, 2.24) is 0 Å². The van der Waals surface area contributed by atoms with Crippen LogP contribution in [0.15, 0.2) is 42.5 Å². The van der Waals surface area contributed by atoms with Gasteiger partial charge in [0.1, 0.15) is 0 Å². The van der Waals surface area contributed by atoms with Crippen LogP contribution in [0.5, 0.6) is 0 Å². The molecule has 0 aromatic heterocycles. The van der Waals surface area contributed by atoms with Gasteiger partial charge in [-0.2, -0.15) is 0 Å². The van der Waals surface area contributed by atoms with Crippen LogP contribution in [0, 0.1) is 0 Å². The van der Waals surface area contributed by atoms with Crippen LogP contribution in [0.1, 0.15) is 15.9 Å². The van der Waals surface area contributed by atoms with Gasteiger partial charge in [0.05, 0.1) is 20.6 Å². The molecule has 1 nitrogen and oxygen atoms in total. The van der Waals surface area contributed by atoms with Gasteiger partial charge >= 0.3 is 0 Å². The lowest BCUT2D eigenvalue weighted by molar-refractivity contribution is 0.103. The summed E-state index contributed by atoms with van der Waals surface area (Å²) in [5, 5.41) is 1.03. The summed E-state index contributed by atoms with van der Waals surface area (Å²) in [6, 6.07) is 11.7. The lowest BCUT2D eigenvalue weighted by Crippen LogP contribution is -2.03. The number of rotatable bonds is 2. The van der Waals surface area contributed by atoms with E-state index in [1.165, 1.54) is 0 Å². The first-order valence-corrected chi connectivity index (χ1v) is 5.98. The van der Waals surface area contributed by atoms with Gasteiger partial charge in [-0.25, -0.2) is 0 Å². The van der Waals surface area contributed by atoms with Crippen molar-refractivity contribution in [2.45, 2.75) is 0 Å². The van der Waals surface area contributed by atoms with Crippen LogP contribution in [-0.2, 0) is 0 Å². The van der Waals surface area contributed by atoms with E-state index in [-0.39, 0.29) is 11.3 Å². The van der Waals surface area contributed by atoms with Crippen LogP contribution in [0.2, 0.25) is 15.1 Å². The van der Waals surface area contributed by atoms with E-state index in [2.05, 4.69) is 0 Å². The minimum absolute atomic E-state index is 0.272. The molecule has 0 atom stereocenters. The second-order valence-electron chi connectivity index (χ2n) is 3.41. The maximum atomic E-state index is 12.3. The first-order chi connectivity index (χ1) is 8.11. The number of carbonyl (C=O) groups excluding carboxylic acids is 1. The van der Waals surface area contributed by atoms with Crippen molar-refractivity contribution in [3.05, 3.63) is 68.7 Å². The van der Waals surface area contributed by atoms with Gasteiger partial charge in [-0.1, -0.05) is 53.0 Å². The molecule has 0 saturated heterocycles. The van der Waals surface area contributed by atoms with Gasteiger partial charge < -0.3 is 0 Å². The van der Waals surface area contributed by atoms with Gasteiger partial charge in [-0.05, 0) is 24.3 Å². The molecule has 0 N–H and O–H groups in total. The standard InChI is InChI=1S/C13H7Cl3O/c14-9-5-2-1-4-8(9)13(17)12-10(15)6-3-7-11(12)16/h1-7H. The smallest absolute Gasteiger partial charge is 0.197 e. The number of carbonyl (C=O) groups is 1. The average molecular weight is 286 g/mol. The van der Waals surface area contributed by atoms with E-state index < -0.39 is 0 Å². The Morgan fingerprint density at radius 2 is 1.29 bits per heavy atom. The normalized spacial score (nSPS) is 10.3. The second kappa shape index (κ2) is 5.09. The van der Waals surface area contributed by atoms with Gasteiger partial charge in [0.2, 0.25) is 0 Å². The van der Waals surface area contributed by atoms with Crippen LogP contribution < -0.4 is 0 Å². The molecule has 0 unspecified atom stereocenters. The van der Waals surface area contributed by atoms with Crippen molar-refractivity contribution in [1.29, 1.82) is 0 Å². The third kappa shape index (κ3) is 2.47. The fourth-order valence-corrected chi connectivity index (χ4v) is 2.29. The zero-order valence-electron chi connectivity index (χ0n) is 8.58. The second-order valence-corrected chi connectivity index (χ2v) is 4.63. The summed E-state index contributed by atoms with van der Waals surface area (Å²) in [6.07, 6.45) is 0. The van der Waals surface area contributed by atoms with E-state index in [1.807, 2.05) is 0 Å². The molecule has 86 valence electrons. The van der Waals surface area contributed by atoms with Gasteiger partial charge in [-0.3, -0.25) is 4.79 Å². The summed E-state index contributed by atoms with van der Waals surface area (Å²) >= 11 is 17.9. The zero-order valence-corrected chi connectivity index (χ0v) is 10.9. The van der Waals surface area contributed by atoms with Crippen molar-refractivity contribution in [2.75, 3.05) is 0 Å². The topological polar surface area (TPSA) is 17.1 Å². The van der Waals surface area contributed by atoms with Crippen molar-refractivity contribution in [2.24, 2.45) is 0 Å². The molecule has 17 heavy (non-hydrogen) atoms. The summed E-state index contributed by atoms with van der Waals surface area (Å²) in [4.78, 5) is 12.3. The predicted octanol–water partition coefficient (Wildman–Crippen LogP) is 4.88. The Morgan fingerprint density at radius 1 is 0.765 bits per heavy atom. The van der Waals surface area contributed by atoms with Crippen molar-refractivity contribution in [3.63, 3.8) is 0 Å². The molecule has 2 aromatic carbocycles. The molecule has 0 aliphatic heterocycles. The lowest BCUT2D eigenvalue weighted by atomic mass is 10.0. The molecule has 4 heteroatoms. The van der Waals surface area contributed by atoms with E-state index >= 15 is 0 Å². The number of hydrogen-bond acceptors (Lipinski definition) is 1. The molecule has 0 heterocycles. The first kappa shape index (κ1) is 12.4. The van der Waals surface area contributed by atoms with Gasteiger partial charge in [0, 0.05) is 5.56 Å². The molecular weight excluding hydrogens is 279 g/mol. The molecular formula is C13H7Cl3O. The van der Waals surface area contributed by atoms with Crippen molar-refractivity contribution in [3.8, 4) is 0 Å². The summed E-state index contributed by atoms with van der Waals surface area (Å²) < 4.78 is 0. The Balaban J connectivity index is 2.56. The predicted molar refractivity (Wildman–Crippen MR) is 71.3 cm³/mol. The van der Waals surface area contributed by atoms with E-state index in [4.69, 9.17) is 34.8 Å². The third-order valence-corrected chi connectivity index (χ3v) is 3.27. The monoisotopic (exact) mass is 284 g/mol. The third-order valence-electron chi connectivity index (χ3n) is 2.31. The maximum Gasteiger partial charge on any atom is 0.197 e. The zero-order chi connectivity index (χ0) is 12.4. The van der Waals surface area contributed by atoms with Crippen molar-refractivity contribution < 1.29 is 4.79 Å². The SMILES string of the molecule is O=C(c1ccccc1Cl)c1c(Cl)cccc1Cl. The lowest BCUT2D eigenvalue weighted by Gasteiger charge is -2.07.